The summed E-state index contributed by atoms with van der Waals surface area (Å²) in [5.74, 6) is 0.0414. The summed E-state index contributed by atoms with van der Waals surface area (Å²) in [4.78, 5) is 26.8. The Morgan fingerprint density at radius 2 is 1.52 bits per heavy atom. The molecule has 2 heterocycles. The van der Waals surface area contributed by atoms with Gasteiger partial charge >= 0.3 is 6.03 Å². The SMILES string of the molecule is O=C(c1ccccc1)N1CCC2(CC1)NC(=O)N(c1ccccc1)N2. The lowest BCUT2D eigenvalue weighted by Gasteiger charge is -2.38. The van der Waals surface area contributed by atoms with E-state index in [0.29, 0.717) is 31.5 Å². The summed E-state index contributed by atoms with van der Waals surface area (Å²) in [5, 5.41) is 4.61. The number of carbonyl (C=O) groups is 2. The number of likely N-dealkylation sites (tertiary alicyclic amines) is 1. The molecule has 4 rings (SSSR count). The molecule has 2 fully saturated rings. The van der Waals surface area contributed by atoms with Crippen molar-refractivity contribution in [2.24, 2.45) is 0 Å². The van der Waals surface area contributed by atoms with Crippen molar-refractivity contribution in [3.05, 3.63) is 66.2 Å². The van der Waals surface area contributed by atoms with Crippen LogP contribution in [0.2, 0.25) is 0 Å². The highest BCUT2D eigenvalue weighted by molar-refractivity contribution is 5.95. The summed E-state index contributed by atoms with van der Waals surface area (Å²) in [7, 11) is 0. The molecule has 128 valence electrons. The largest absolute Gasteiger partial charge is 0.338 e. The third kappa shape index (κ3) is 2.96. The second-order valence-corrected chi connectivity index (χ2v) is 6.45. The predicted molar refractivity (Wildman–Crippen MR) is 94.9 cm³/mol. The molecule has 0 atom stereocenters. The Bertz CT molecular complexity index is 771. The van der Waals surface area contributed by atoms with Crippen LogP contribution in [0.25, 0.3) is 0 Å². The number of anilines is 1. The van der Waals surface area contributed by atoms with Crippen molar-refractivity contribution >= 4 is 17.6 Å². The maximum Gasteiger partial charge on any atom is 0.338 e. The zero-order valence-corrected chi connectivity index (χ0v) is 13.8. The van der Waals surface area contributed by atoms with Crippen LogP contribution in [-0.2, 0) is 0 Å². The number of amides is 3. The van der Waals surface area contributed by atoms with E-state index in [4.69, 9.17) is 0 Å². The maximum atomic E-state index is 12.6. The van der Waals surface area contributed by atoms with Crippen LogP contribution in [0.5, 0.6) is 0 Å². The number of hydrogen-bond donors (Lipinski definition) is 2. The van der Waals surface area contributed by atoms with E-state index in [1.165, 1.54) is 0 Å². The van der Waals surface area contributed by atoms with Crippen LogP contribution in [-0.4, -0.2) is 35.6 Å². The fraction of sp³-hybridized carbons (Fsp3) is 0.263. The molecule has 0 radical (unpaired) electrons. The van der Waals surface area contributed by atoms with Crippen molar-refractivity contribution in [3.63, 3.8) is 0 Å². The van der Waals surface area contributed by atoms with Crippen molar-refractivity contribution in [2.75, 3.05) is 18.1 Å². The van der Waals surface area contributed by atoms with Gasteiger partial charge in [0.15, 0.2) is 0 Å². The summed E-state index contributed by atoms with van der Waals surface area (Å²) in [6, 6.07) is 18.6. The van der Waals surface area contributed by atoms with Gasteiger partial charge in [-0.25, -0.2) is 15.2 Å². The molecule has 6 nitrogen and oxygen atoms in total. The van der Waals surface area contributed by atoms with Crippen LogP contribution in [0.15, 0.2) is 60.7 Å². The Balaban J connectivity index is 1.43. The van der Waals surface area contributed by atoms with Gasteiger partial charge in [0.05, 0.1) is 5.69 Å². The summed E-state index contributed by atoms with van der Waals surface area (Å²) in [6.07, 6.45) is 1.33. The van der Waals surface area contributed by atoms with Crippen LogP contribution in [0.1, 0.15) is 23.2 Å². The molecule has 2 saturated heterocycles. The van der Waals surface area contributed by atoms with E-state index in [0.717, 1.165) is 5.69 Å². The number of benzene rings is 2. The lowest BCUT2D eigenvalue weighted by Crippen LogP contribution is -2.58. The van der Waals surface area contributed by atoms with Crippen LogP contribution < -0.4 is 15.8 Å². The third-order valence-corrected chi connectivity index (χ3v) is 4.81. The molecule has 0 aromatic heterocycles. The number of carbonyl (C=O) groups excluding carboxylic acids is 2. The molecule has 2 aromatic rings. The minimum Gasteiger partial charge on any atom is -0.338 e. The predicted octanol–water partition coefficient (Wildman–Crippen LogP) is 2.35. The average molecular weight is 336 g/mol. The normalized spacial score (nSPS) is 19.1. The van der Waals surface area contributed by atoms with Gasteiger partial charge in [-0.05, 0) is 24.3 Å². The van der Waals surface area contributed by atoms with Gasteiger partial charge in [-0.2, -0.15) is 0 Å². The van der Waals surface area contributed by atoms with Crippen molar-refractivity contribution in [2.45, 2.75) is 18.5 Å². The average Bonchev–Trinajstić information content (AvgIpc) is 2.99. The minimum atomic E-state index is -0.486. The number of hydrazine groups is 1. The fourth-order valence-corrected chi connectivity index (χ4v) is 3.40. The standard InChI is InChI=1S/C19H20N4O2/c24-17(15-7-3-1-4-8-15)22-13-11-19(12-14-22)20-18(25)23(21-19)16-9-5-2-6-10-16/h1-10,21H,11-14H2,(H,20,25). The van der Waals surface area contributed by atoms with Gasteiger partial charge in [0.25, 0.3) is 5.91 Å². The first-order valence-electron chi connectivity index (χ1n) is 8.46. The molecule has 25 heavy (non-hydrogen) atoms. The zero-order valence-electron chi connectivity index (χ0n) is 13.8. The molecule has 2 N–H and O–H groups in total. The fourth-order valence-electron chi connectivity index (χ4n) is 3.40. The van der Waals surface area contributed by atoms with Crippen molar-refractivity contribution in [1.82, 2.24) is 15.6 Å². The van der Waals surface area contributed by atoms with E-state index < -0.39 is 5.66 Å². The van der Waals surface area contributed by atoms with Gasteiger partial charge in [0.1, 0.15) is 5.66 Å². The van der Waals surface area contributed by atoms with E-state index in [9.17, 15) is 9.59 Å². The maximum absolute atomic E-state index is 12.6. The second kappa shape index (κ2) is 6.22. The van der Waals surface area contributed by atoms with Crippen molar-refractivity contribution in [3.8, 4) is 0 Å². The number of rotatable bonds is 2. The minimum absolute atomic E-state index is 0.0414. The highest BCUT2D eigenvalue weighted by Gasteiger charge is 2.45. The van der Waals surface area contributed by atoms with E-state index in [2.05, 4.69) is 10.7 Å². The first kappa shape index (κ1) is 15.7. The molecule has 1 spiro atoms. The Kier molecular flexibility index (Phi) is 3.89. The zero-order chi connectivity index (χ0) is 17.3. The molecule has 0 unspecified atom stereocenters. The molecule has 6 heteroatoms. The first-order chi connectivity index (χ1) is 12.2. The third-order valence-electron chi connectivity index (χ3n) is 4.81. The number of piperidine rings is 1. The van der Waals surface area contributed by atoms with Crippen LogP contribution in [0.4, 0.5) is 10.5 Å². The van der Waals surface area contributed by atoms with Crippen LogP contribution in [0.3, 0.4) is 0 Å². The molecule has 2 aromatic carbocycles. The van der Waals surface area contributed by atoms with Gasteiger partial charge in [-0.3, -0.25) is 4.79 Å². The number of nitrogens with one attached hydrogen (secondary N) is 2. The topological polar surface area (TPSA) is 64.7 Å². The van der Waals surface area contributed by atoms with E-state index in [-0.39, 0.29) is 11.9 Å². The van der Waals surface area contributed by atoms with Gasteiger partial charge < -0.3 is 10.2 Å². The highest BCUT2D eigenvalue weighted by atomic mass is 16.2. The second-order valence-electron chi connectivity index (χ2n) is 6.45. The Hall–Kier alpha value is -2.86. The van der Waals surface area contributed by atoms with Gasteiger partial charge in [-0.1, -0.05) is 36.4 Å². The lowest BCUT2D eigenvalue weighted by molar-refractivity contribution is 0.0641. The van der Waals surface area contributed by atoms with E-state index in [1.54, 1.807) is 5.01 Å². The molecular formula is C19H20N4O2. The molecular weight excluding hydrogens is 316 g/mol. The molecule has 2 aliphatic heterocycles. The number of urea groups is 1. The molecule has 2 aliphatic rings. The molecule has 0 aliphatic carbocycles. The molecule has 0 bridgehead atoms. The first-order valence-corrected chi connectivity index (χ1v) is 8.46. The van der Waals surface area contributed by atoms with Gasteiger partial charge in [0, 0.05) is 31.5 Å². The smallest absolute Gasteiger partial charge is 0.338 e. The van der Waals surface area contributed by atoms with Crippen molar-refractivity contribution < 1.29 is 9.59 Å². The number of nitrogens with zero attached hydrogens (tertiary/aromatic N) is 2. The quantitative estimate of drug-likeness (QED) is 0.885. The molecule has 0 saturated carbocycles. The summed E-state index contributed by atoms with van der Waals surface area (Å²) < 4.78 is 0. The Morgan fingerprint density at radius 1 is 0.920 bits per heavy atom. The Morgan fingerprint density at radius 3 is 2.16 bits per heavy atom. The van der Waals surface area contributed by atoms with Crippen molar-refractivity contribution in [1.29, 1.82) is 0 Å². The van der Waals surface area contributed by atoms with Crippen LogP contribution in [0, 0.1) is 0 Å². The summed E-state index contributed by atoms with van der Waals surface area (Å²) in [6.45, 7) is 1.20. The monoisotopic (exact) mass is 336 g/mol. The Labute approximate surface area is 146 Å². The van der Waals surface area contributed by atoms with E-state index >= 15 is 0 Å². The summed E-state index contributed by atoms with van der Waals surface area (Å²) in [5.41, 5.74) is 4.33. The van der Waals surface area contributed by atoms with Gasteiger partial charge in [0.2, 0.25) is 0 Å². The van der Waals surface area contributed by atoms with Gasteiger partial charge in [-0.15, -0.1) is 0 Å². The number of para-hydroxylation sites is 1. The summed E-state index contributed by atoms with van der Waals surface area (Å²) >= 11 is 0. The number of hydrogen-bond acceptors (Lipinski definition) is 3. The highest BCUT2D eigenvalue weighted by Crippen LogP contribution is 2.27. The molecule has 3 amide bonds. The van der Waals surface area contributed by atoms with E-state index in [1.807, 2.05) is 65.6 Å². The lowest BCUT2D eigenvalue weighted by atomic mass is 9.97. The van der Waals surface area contributed by atoms with Crippen LogP contribution >= 0.6 is 0 Å².